The van der Waals surface area contributed by atoms with Gasteiger partial charge in [0.15, 0.2) is 6.61 Å². The van der Waals surface area contributed by atoms with E-state index in [0.29, 0.717) is 20.8 Å². The molecule has 1 amide bonds. The Morgan fingerprint density at radius 2 is 2.09 bits per heavy atom. The van der Waals surface area contributed by atoms with Gasteiger partial charge in [-0.2, -0.15) is 5.10 Å². The lowest BCUT2D eigenvalue weighted by molar-refractivity contribution is -0.123. The number of phenolic OH excluding ortho intramolecular Hbond substituents is 2. The van der Waals surface area contributed by atoms with E-state index in [2.05, 4.69) is 26.5 Å². The molecule has 0 fully saturated rings. The Hall–Kier alpha value is -2.25. The Morgan fingerprint density at radius 3 is 2.78 bits per heavy atom. The average Bonchev–Trinajstić information content (AvgIpc) is 2.48. The maximum Gasteiger partial charge on any atom is 0.277 e. The molecule has 23 heavy (non-hydrogen) atoms. The van der Waals surface area contributed by atoms with Gasteiger partial charge in [0, 0.05) is 16.7 Å². The van der Waals surface area contributed by atoms with Crippen molar-refractivity contribution in [3.05, 3.63) is 51.5 Å². The lowest BCUT2D eigenvalue weighted by Crippen LogP contribution is -2.24. The van der Waals surface area contributed by atoms with Crippen LogP contribution in [0.2, 0.25) is 5.02 Å². The van der Waals surface area contributed by atoms with E-state index in [1.54, 1.807) is 18.2 Å². The van der Waals surface area contributed by atoms with Crippen molar-refractivity contribution in [3.63, 3.8) is 0 Å². The summed E-state index contributed by atoms with van der Waals surface area (Å²) in [5.41, 5.74) is 2.62. The summed E-state index contributed by atoms with van der Waals surface area (Å²) in [5.74, 6) is -0.207. The highest BCUT2D eigenvalue weighted by Crippen LogP contribution is 2.27. The lowest BCUT2D eigenvalue weighted by atomic mass is 10.2. The summed E-state index contributed by atoms with van der Waals surface area (Å²) in [6.07, 6.45) is 1.25. The van der Waals surface area contributed by atoms with E-state index in [4.69, 9.17) is 21.4 Å². The van der Waals surface area contributed by atoms with Gasteiger partial charge in [-0.25, -0.2) is 5.43 Å². The van der Waals surface area contributed by atoms with E-state index in [-0.39, 0.29) is 18.1 Å². The topological polar surface area (TPSA) is 91.2 Å². The van der Waals surface area contributed by atoms with Gasteiger partial charge in [0.1, 0.15) is 17.2 Å². The van der Waals surface area contributed by atoms with Crippen LogP contribution in [-0.2, 0) is 4.79 Å². The molecule has 6 nitrogen and oxygen atoms in total. The molecular formula is C15H12BrClN2O4. The van der Waals surface area contributed by atoms with Crippen LogP contribution in [0, 0.1) is 0 Å². The second-order valence-corrected chi connectivity index (χ2v) is 5.69. The largest absolute Gasteiger partial charge is 0.508 e. The number of hydrogen-bond donors (Lipinski definition) is 3. The van der Waals surface area contributed by atoms with Crippen LogP contribution < -0.4 is 10.2 Å². The Labute approximate surface area is 145 Å². The molecule has 0 saturated heterocycles. The van der Waals surface area contributed by atoms with Gasteiger partial charge in [0.25, 0.3) is 5.91 Å². The third-order valence-corrected chi connectivity index (χ3v) is 3.51. The number of hydrazone groups is 1. The summed E-state index contributed by atoms with van der Waals surface area (Å²) in [6, 6.07) is 8.96. The first-order valence-electron chi connectivity index (χ1n) is 6.37. The number of ether oxygens (including phenoxy) is 1. The molecule has 0 saturated carbocycles. The molecule has 2 aromatic rings. The van der Waals surface area contributed by atoms with E-state index < -0.39 is 5.91 Å². The predicted molar refractivity (Wildman–Crippen MR) is 90.2 cm³/mol. The summed E-state index contributed by atoms with van der Waals surface area (Å²) < 4.78 is 5.96. The Kier molecular flexibility index (Phi) is 5.84. The quantitative estimate of drug-likeness (QED) is 0.532. The van der Waals surface area contributed by atoms with Crippen LogP contribution >= 0.6 is 27.5 Å². The SMILES string of the molecule is O=C(COc1ccc(Cl)cc1Br)NN=Cc1ccc(O)cc1O. The van der Waals surface area contributed by atoms with E-state index in [1.807, 2.05) is 0 Å². The van der Waals surface area contributed by atoms with Gasteiger partial charge in [0.2, 0.25) is 0 Å². The first-order valence-corrected chi connectivity index (χ1v) is 7.54. The number of hydrogen-bond acceptors (Lipinski definition) is 5. The van der Waals surface area contributed by atoms with Crippen molar-refractivity contribution in [1.29, 1.82) is 0 Å². The van der Waals surface area contributed by atoms with Crippen LogP contribution in [-0.4, -0.2) is 28.9 Å². The number of rotatable bonds is 5. The molecule has 3 N–H and O–H groups in total. The highest BCUT2D eigenvalue weighted by atomic mass is 79.9. The Balaban J connectivity index is 1.86. The van der Waals surface area contributed by atoms with Crippen molar-refractivity contribution in [3.8, 4) is 17.2 Å². The maximum absolute atomic E-state index is 11.6. The van der Waals surface area contributed by atoms with Crippen molar-refractivity contribution in [2.75, 3.05) is 6.61 Å². The fourth-order valence-corrected chi connectivity index (χ4v) is 2.38. The van der Waals surface area contributed by atoms with Crippen LogP contribution in [0.25, 0.3) is 0 Å². The predicted octanol–water partition coefficient (Wildman–Crippen LogP) is 3.04. The molecule has 0 aliphatic heterocycles. The number of benzene rings is 2. The number of nitrogens with one attached hydrogen (secondary N) is 1. The zero-order chi connectivity index (χ0) is 16.8. The van der Waals surface area contributed by atoms with Gasteiger partial charge in [0.05, 0.1) is 10.7 Å². The highest BCUT2D eigenvalue weighted by molar-refractivity contribution is 9.10. The summed E-state index contributed by atoms with van der Waals surface area (Å²) in [5, 5.41) is 23.0. The molecule has 2 rings (SSSR count). The number of aromatic hydroxyl groups is 2. The van der Waals surface area contributed by atoms with Crippen LogP contribution in [0.15, 0.2) is 46.0 Å². The van der Waals surface area contributed by atoms with Gasteiger partial charge in [-0.15, -0.1) is 0 Å². The fraction of sp³-hybridized carbons (Fsp3) is 0.0667. The summed E-state index contributed by atoms with van der Waals surface area (Å²) in [7, 11) is 0. The molecule has 0 aliphatic rings. The monoisotopic (exact) mass is 398 g/mol. The third kappa shape index (κ3) is 5.15. The molecule has 0 radical (unpaired) electrons. The van der Waals surface area contributed by atoms with Gasteiger partial charge in [-0.05, 0) is 46.3 Å². The van der Waals surface area contributed by atoms with Crippen molar-refractivity contribution in [2.24, 2.45) is 5.10 Å². The van der Waals surface area contributed by atoms with E-state index >= 15 is 0 Å². The standard InChI is InChI=1S/C15H12BrClN2O4/c16-12-5-10(17)2-4-14(12)23-8-15(22)19-18-7-9-1-3-11(20)6-13(9)21/h1-7,20-21H,8H2,(H,19,22). The normalized spacial score (nSPS) is 10.7. The van der Waals surface area contributed by atoms with Crippen LogP contribution in [0.3, 0.4) is 0 Å². The molecule has 0 bridgehead atoms. The van der Waals surface area contributed by atoms with Crippen molar-refractivity contribution >= 4 is 39.7 Å². The minimum atomic E-state index is -0.471. The van der Waals surface area contributed by atoms with Crippen molar-refractivity contribution in [1.82, 2.24) is 5.43 Å². The molecule has 0 atom stereocenters. The van der Waals surface area contributed by atoms with Gasteiger partial charge in [-0.3, -0.25) is 4.79 Å². The molecule has 0 spiro atoms. The molecule has 8 heteroatoms. The molecule has 0 aromatic heterocycles. The number of carbonyl (C=O) groups is 1. The molecule has 120 valence electrons. The first-order chi connectivity index (χ1) is 11.0. The molecule has 2 aromatic carbocycles. The summed E-state index contributed by atoms with van der Waals surface area (Å²) in [4.78, 5) is 11.6. The van der Waals surface area contributed by atoms with Crippen molar-refractivity contribution in [2.45, 2.75) is 0 Å². The second kappa shape index (κ2) is 7.85. The minimum Gasteiger partial charge on any atom is -0.508 e. The van der Waals surface area contributed by atoms with Crippen LogP contribution in [0.1, 0.15) is 5.56 Å². The molecule has 0 unspecified atom stereocenters. The summed E-state index contributed by atoms with van der Waals surface area (Å²) in [6.45, 7) is -0.237. The lowest BCUT2D eigenvalue weighted by Gasteiger charge is -2.07. The zero-order valence-corrected chi connectivity index (χ0v) is 14.0. The fourth-order valence-electron chi connectivity index (χ4n) is 1.58. The number of amides is 1. The Morgan fingerprint density at radius 1 is 1.30 bits per heavy atom. The number of nitrogens with zero attached hydrogens (tertiary/aromatic N) is 1. The van der Waals surface area contributed by atoms with E-state index in [1.165, 1.54) is 24.4 Å². The molecule has 0 heterocycles. The molecule has 0 aliphatic carbocycles. The maximum atomic E-state index is 11.6. The number of carbonyl (C=O) groups excluding carboxylic acids is 1. The van der Waals surface area contributed by atoms with Crippen molar-refractivity contribution < 1.29 is 19.7 Å². The number of phenols is 2. The Bertz CT molecular complexity index is 752. The first kappa shape index (κ1) is 17.1. The van der Waals surface area contributed by atoms with Gasteiger partial charge < -0.3 is 14.9 Å². The minimum absolute atomic E-state index is 0.0642. The highest BCUT2D eigenvalue weighted by Gasteiger charge is 2.06. The third-order valence-electron chi connectivity index (χ3n) is 2.66. The van der Waals surface area contributed by atoms with Gasteiger partial charge >= 0.3 is 0 Å². The van der Waals surface area contributed by atoms with Crippen LogP contribution in [0.4, 0.5) is 0 Å². The number of halogens is 2. The second-order valence-electron chi connectivity index (χ2n) is 4.40. The summed E-state index contributed by atoms with van der Waals surface area (Å²) >= 11 is 9.08. The van der Waals surface area contributed by atoms with Gasteiger partial charge in [-0.1, -0.05) is 11.6 Å². The average molecular weight is 400 g/mol. The van der Waals surface area contributed by atoms with E-state index in [0.717, 1.165) is 0 Å². The molecular weight excluding hydrogens is 388 g/mol. The zero-order valence-electron chi connectivity index (χ0n) is 11.7. The van der Waals surface area contributed by atoms with E-state index in [9.17, 15) is 9.90 Å². The smallest absolute Gasteiger partial charge is 0.277 e. The van der Waals surface area contributed by atoms with Crippen LogP contribution in [0.5, 0.6) is 17.2 Å².